The molecule has 0 atom stereocenters. The van der Waals surface area contributed by atoms with Gasteiger partial charge in [-0.05, 0) is 18.9 Å². The molecule has 10 heavy (non-hydrogen) atoms. The summed E-state index contributed by atoms with van der Waals surface area (Å²) in [5, 5.41) is 1.92. The van der Waals surface area contributed by atoms with Crippen molar-refractivity contribution in [2.75, 3.05) is 0 Å². The standard InChI is InChI=1S/C8H10OS/c1-3-8-6(2)10-5-7(8)4-9/h4-5H,3H2,1-2H3. The van der Waals surface area contributed by atoms with Gasteiger partial charge in [-0.1, -0.05) is 6.92 Å². The molecule has 0 radical (unpaired) electrons. The maximum absolute atomic E-state index is 10.4. The Bertz CT molecular complexity index is 237. The molecule has 0 aliphatic rings. The van der Waals surface area contributed by atoms with E-state index >= 15 is 0 Å². The van der Waals surface area contributed by atoms with Crippen molar-refractivity contribution in [3.63, 3.8) is 0 Å². The van der Waals surface area contributed by atoms with Gasteiger partial charge in [-0.25, -0.2) is 0 Å². The molecular weight excluding hydrogens is 144 g/mol. The molecule has 1 rings (SSSR count). The van der Waals surface area contributed by atoms with Crippen LogP contribution in [-0.2, 0) is 6.42 Å². The van der Waals surface area contributed by atoms with Crippen molar-refractivity contribution in [2.24, 2.45) is 0 Å². The second kappa shape index (κ2) is 2.97. The van der Waals surface area contributed by atoms with Crippen molar-refractivity contribution >= 4 is 17.6 Å². The minimum atomic E-state index is 0.866. The first-order valence-corrected chi connectivity index (χ1v) is 4.19. The number of hydrogen-bond acceptors (Lipinski definition) is 2. The minimum Gasteiger partial charge on any atom is -0.298 e. The van der Waals surface area contributed by atoms with E-state index in [0.717, 1.165) is 18.3 Å². The van der Waals surface area contributed by atoms with Gasteiger partial charge in [0.15, 0.2) is 6.29 Å². The first-order chi connectivity index (χ1) is 4.79. The summed E-state index contributed by atoms with van der Waals surface area (Å²) < 4.78 is 0. The maximum atomic E-state index is 10.4. The molecule has 1 aromatic rings. The molecule has 0 aliphatic carbocycles. The average Bonchev–Trinajstić information content (AvgIpc) is 2.30. The number of rotatable bonds is 2. The summed E-state index contributed by atoms with van der Waals surface area (Å²) >= 11 is 1.65. The van der Waals surface area contributed by atoms with Crippen LogP contribution in [0.1, 0.15) is 27.7 Å². The van der Waals surface area contributed by atoms with Gasteiger partial charge in [-0.15, -0.1) is 11.3 Å². The molecule has 0 fully saturated rings. The van der Waals surface area contributed by atoms with Gasteiger partial charge >= 0.3 is 0 Å². The second-order valence-electron chi connectivity index (χ2n) is 2.20. The lowest BCUT2D eigenvalue weighted by Gasteiger charge is -1.92. The van der Waals surface area contributed by atoms with Crippen LogP contribution in [0.25, 0.3) is 0 Å². The van der Waals surface area contributed by atoms with E-state index in [1.807, 2.05) is 5.38 Å². The van der Waals surface area contributed by atoms with E-state index in [9.17, 15) is 4.79 Å². The highest BCUT2D eigenvalue weighted by atomic mass is 32.1. The predicted octanol–water partition coefficient (Wildman–Crippen LogP) is 2.43. The number of carbonyl (C=O) groups excluding carboxylic acids is 1. The molecule has 0 spiro atoms. The second-order valence-corrected chi connectivity index (χ2v) is 3.28. The average molecular weight is 154 g/mol. The summed E-state index contributed by atoms with van der Waals surface area (Å²) in [5.41, 5.74) is 2.07. The van der Waals surface area contributed by atoms with Crippen LogP contribution in [0, 0.1) is 6.92 Å². The Labute approximate surface area is 64.7 Å². The largest absolute Gasteiger partial charge is 0.298 e. The van der Waals surface area contributed by atoms with Crippen LogP contribution in [0.5, 0.6) is 0 Å². The number of hydrogen-bond donors (Lipinski definition) is 0. The monoisotopic (exact) mass is 154 g/mol. The molecule has 1 aromatic heterocycles. The lowest BCUT2D eigenvalue weighted by Crippen LogP contribution is -1.85. The molecule has 2 heteroatoms. The number of carbonyl (C=O) groups is 1. The number of aldehydes is 1. The summed E-state index contributed by atoms with van der Waals surface area (Å²) in [4.78, 5) is 11.7. The van der Waals surface area contributed by atoms with E-state index < -0.39 is 0 Å². The molecule has 0 saturated carbocycles. The number of thiophene rings is 1. The third-order valence-electron chi connectivity index (χ3n) is 1.62. The van der Waals surface area contributed by atoms with Crippen LogP contribution >= 0.6 is 11.3 Å². The van der Waals surface area contributed by atoms with E-state index in [-0.39, 0.29) is 0 Å². The highest BCUT2D eigenvalue weighted by Gasteiger charge is 2.03. The van der Waals surface area contributed by atoms with E-state index in [2.05, 4.69) is 13.8 Å². The highest BCUT2D eigenvalue weighted by molar-refractivity contribution is 7.10. The van der Waals surface area contributed by atoms with Gasteiger partial charge in [0.2, 0.25) is 0 Å². The van der Waals surface area contributed by atoms with Crippen LogP contribution in [0.4, 0.5) is 0 Å². The van der Waals surface area contributed by atoms with Gasteiger partial charge in [0, 0.05) is 15.8 Å². The molecule has 0 unspecified atom stereocenters. The number of aryl methyl sites for hydroxylation is 1. The maximum Gasteiger partial charge on any atom is 0.151 e. The Balaban J connectivity index is 3.12. The fraction of sp³-hybridized carbons (Fsp3) is 0.375. The normalized spacial score (nSPS) is 9.80. The van der Waals surface area contributed by atoms with Gasteiger partial charge in [0.1, 0.15) is 0 Å². The van der Waals surface area contributed by atoms with Gasteiger partial charge in [0.25, 0.3) is 0 Å². The lowest BCUT2D eigenvalue weighted by molar-refractivity contribution is 0.112. The zero-order valence-corrected chi connectivity index (χ0v) is 6.99. The van der Waals surface area contributed by atoms with Crippen molar-refractivity contribution < 1.29 is 4.79 Å². The molecule has 0 bridgehead atoms. The quantitative estimate of drug-likeness (QED) is 0.598. The Hall–Kier alpha value is -0.630. The molecule has 54 valence electrons. The van der Waals surface area contributed by atoms with E-state index in [1.165, 1.54) is 10.4 Å². The first kappa shape index (κ1) is 7.48. The summed E-state index contributed by atoms with van der Waals surface area (Å²) in [6.07, 6.45) is 1.89. The van der Waals surface area contributed by atoms with Gasteiger partial charge in [-0.3, -0.25) is 4.79 Å². The Morgan fingerprint density at radius 1 is 1.70 bits per heavy atom. The molecule has 0 aliphatic heterocycles. The van der Waals surface area contributed by atoms with Crippen LogP contribution in [0.15, 0.2) is 5.38 Å². The Morgan fingerprint density at radius 3 is 2.80 bits per heavy atom. The van der Waals surface area contributed by atoms with Gasteiger partial charge in [0.05, 0.1) is 0 Å². The summed E-state index contributed by atoms with van der Waals surface area (Å²) in [6.45, 7) is 4.12. The lowest BCUT2D eigenvalue weighted by atomic mass is 10.1. The van der Waals surface area contributed by atoms with Crippen LogP contribution in [0.3, 0.4) is 0 Å². The van der Waals surface area contributed by atoms with Gasteiger partial charge < -0.3 is 0 Å². The summed E-state index contributed by atoms with van der Waals surface area (Å²) in [6, 6.07) is 0. The molecule has 1 heterocycles. The van der Waals surface area contributed by atoms with Crippen molar-refractivity contribution in [3.8, 4) is 0 Å². The SMILES string of the molecule is CCc1c(C=O)csc1C. The smallest absolute Gasteiger partial charge is 0.151 e. The van der Waals surface area contributed by atoms with Crippen molar-refractivity contribution in [1.82, 2.24) is 0 Å². The molecule has 0 N–H and O–H groups in total. The van der Waals surface area contributed by atoms with E-state index in [0.29, 0.717) is 0 Å². The Kier molecular flexibility index (Phi) is 2.22. The zero-order chi connectivity index (χ0) is 7.56. The fourth-order valence-electron chi connectivity index (χ4n) is 1.05. The van der Waals surface area contributed by atoms with Crippen molar-refractivity contribution in [3.05, 3.63) is 21.4 Å². The van der Waals surface area contributed by atoms with Crippen molar-refractivity contribution in [2.45, 2.75) is 20.3 Å². The first-order valence-electron chi connectivity index (χ1n) is 3.31. The molecular formula is C8H10OS. The molecule has 1 nitrogen and oxygen atoms in total. The molecule has 0 amide bonds. The van der Waals surface area contributed by atoms with E-state index in [1.54, 1.807) is 11.3 Å². The Morgan fingerprint density at radius 2 is 2.40 bits per heavy atom. The third-order valence-corrected chi connectivity index (χ3v) is 2.59. The van der Waals surface area contributed by atoms with Gasteiger partial charge in [-0.2, -0.15) is 0 Å². The summed E-state index contributed by atoms with van der Waals surface area (Å²) in [5.74, 6) is 0. The minimum absolute atomic E-state index is 0.866. The zero-order valence-electron chi connectivity index (χ0n) is 6.18. The third kappa shape index (κ3) is 1.12. The van der Waals surface area contributed by atoms with E-state index in [4.69, 9.17) is 0 Å². The fourth-order valence-corrected chi connectivity index (χ4v) is 1.96. The topological polar surface area (TPSA) is 17.1 Å². The van der Waals surface area contributed by atoms with Crippen LogP contribution in [0.2, 0.25) is 0 Å². The molecule has 0 saturated heterocycles. The molecule has 0 aromatic carbocycles. The van der Waals surface area contributed by atoms with Crippen molar-refractivity contribution in [1.29, 1.82) is 0 Å². The summed E-state index contributed by atoms with van der Waals surface area (Å²) in [7, 11) is 0. The predicted molar refractivity (Wildman–Crippen MR) is 43.8 cm³/mol. The van der Waals surface area contributed by atoms with Crippen LogP contribution < -0.4 is 0 Å². The highest BCUT2D eigenvalue weighted by Crippen LogP contribution is 2.20. The van der Waals surface area contributed by atoms with Crippen LogP contribution in [-0.4, -0.2) is 6.29 Å².